The molecule has 2 nitrogen and oxygen atoms in total. The van der Waals surface area contributed by atoms with E-state index in [1.54, 1.807) is 0 Å². The molecule has 17 heavy (non-hydrogen) atoms. The zero-order chi connectivity index (χ0) is 12.1. The minimum absolute atomic E-state index is 0.398. The molecule has 0 aromatic rings. The van der Waals surface area contributed by atoms with Crippen LogP contribution in [0.4, 0.5) is 0 Å². The van der Waals surface area contributed by atoms with Gasteiger partial charge in [0.05, 0.1) is 13.2 Å². The maximum absolute atomic E-state index is 5.49. The quantitative estimate of drug-likeness (QED) is 0.393. The zero-order valence-electron chi connectivity index (χ0n) is 9.97. The average molecular weight is 230 g/mol. The van der Waals surface area contributed by atoms with Gasteiger partial charge in [0, 0.05) is 0 Å². The van der Waals surface area contributed by atoms with Crippen molar-refractivity contribution in [2.24, 2.45) is 23.7 Å². The Hall–Kier alpha value is -1.22. The van der Waals surface area contributed by atoms with E-state index >= 15 is 0 Å². The van der Waals surface area contributed by atoms with Gasteiger partial charge >= 0.3 is 0 Å². The Balaban J connectivity index is 1.86. The fraction of sp³-hybridized carbons (Fsp3) is 0.600. The molecule has 0 amide bonds. The van der Waals surface area contributed by atoms with E-state index in [4.69, 9.17) is 22.3 Å². The lowest BCUT2D eigenvalue weighted by atomic mass is 9.84. The summed E-state index contributed by atoms with van der Waals surface area (Å²) in [7, 11) is 0. The molecule has 1 fully saturated rings. The molecule has 2 heteroatoms. The minimum Gasteiger partial charge on any atom is -0.368 e. The zero-order valence-corrected chi connectivity index (χ0v) is 9.97. The maximum atomic E-state index is 5.49. The highest BCUT2D eigenvalue weighted by Gasteiger charge is 2.44. The summed E-state index contributed by atoms with van der Waals surface area (Å²) in [5.74, 6) is 7.36. The fourth-order valence-corrected chi connectivity index (χ4v) is 3.03. The molecule has 1 saturated carbocycles. The number of hydrogen-bond donors (Lipinski definition) is 0. The summed E-state index contributed by atoms with van der Waals surface area (Å²) in [6.07, 6.45) is 16.2. The molecule has 0 aliphatic heterocycles. The van der Waals surface area contributed by atoms with Gasteiger partial charge < -0.3 is 9.47 Å². The number of ether oxygens (including phenoxy) is 2. The molecule has 4 atom stereocenters. The van der Waals surface area contributed by atoms with Crippen LogP contribution in [0, 0.1) is 48.4 Å². The summed E-state index contributed by atoms with van der Waals surface area (Å²) in [6.45, 7) is 2.27. The van der Waals surface area contributed by atoms with Gasteiger partial charge in [-0.1, -0.05) is 24.0 Å². The summed E-state index contributed by atoms with van der Waals surface area (Å²) in [5, 5.41) is 0. The predicted octanol–water partition coefficient (Wildman–Crippen LogP) is 1.72. The molecular formula is C15H18O2. The first-order valence-electron chi connectivity index (χ1n) is 6.07. The molecular weight excluding hydrogens is 212 g/mol. The first kappa shape index (κ1) is 12.2. The first-order valence-corrected chi connectivity index (χ1v) is 6.07. The van der Waals surface area contributed by atoms with Gasteiger partial charge in [-0.05, 0) is 30.1 Å². The third-order valence-corrected chi connectivity index (χ3v) is 3.79. The van der Waals surface area contributed by atoms with Crippen LogP contribution in [0.1, 0.15) is 6.42 Å². The van der Waals surface area contributed by atoms with E-state index in [0.717, 1.165) is 13.2 Å². The molecule has 0 aromatic heterocycles. The fourth-order valence-electron chi connectivity index (χ4n) is 3.03. The van der Waals surface area contributed by atoms with Crippen molar-refractivity contribution in [2.45, 2.75) is 6.42 Å². The van der Waals surface area contributed by atoms with Crippen LogP contribution in [0.2, 0.25) is 0 Å². The Morgan fingerprint density at radius 2 is 1.41 bits per heavy atom. The lowest BCUT2D eigenvalue weighted by Gasteiger charge is -2.27. The van der Waals surface area contributed by atoms with Crippen LogP contribution in [-0.4, -0.2) is 26.4 Å². The van der Waals surface area contributed by atoms with Gasteiger partial charge in [0.15, 0.2) is 0 Å². The van der Waals surface area contributed by atoms with Gasteiger partial charge in [-0.25, -0.2) is 0 Å². The molecule has 2 rings (SSSR count). The Labute approximate surface area is 103 Å². The maximum Gasteiger partial charge on any atom is 0.107 e. The number of hydrogen-bond acceptors (Lipinski definition) is 2. The van der Waals surface area contributed by atoms with Gasteiger partial charge in [-0.3, -0.25) is 0 Å². The second-order valence-corrected chi connectivity index (χ2v) is 4.71. The standard InChI is InChI=1S/C15H18O2/c1-3-7-16-10-14-12-5-6-13(9-12)15(14)11-17-8-4-2/h1-2,5-6,12-15H,7-11H2/t12-,13+,14-,15+. The van der Waals surface area contributed by atoms with Gasteiger partial charge in [0.2, 0.25) is 0 Å². The summed E-state index contributed by atoms with van der Waals surface area (Å²) in [5.41, 5.74) is 0. The van der Waals surface area contributed by atoms with E-state index < -0.39 is 0 Å². The molecule has 0 radical (unpaired) electrons. The number of fused-ring (bicyclic) bond motifs is 2. The average Bonchev–Trinajstić information content (AvgIpc) is 2.92. The van der Waals surface area contributed by atoms with E-state index in [0.29, 0.717) is 36.9 Å². The highest BCUT2D eigenvalue weighted by Crippen LogP contribution is 2.48. The van der Waals surface area contributed by atoms with E-state index in [2.05, 4.69) is 24.0 Å². The Kier molecular flexibility index (Phi) is 4.26. The first-order chi connectivity index (χ1) is 8.36. The van der Waals surface area contributed by atoms with Gasteiger partial charge in [-0.15, -0.1) is 12.8 Å². The second-order valence-electron chi connectivity index (χ2n) is 4.71. The van der Waals surface area contributed by atoms with Crippen molar-refractivity contribution in [2.75, 3.05) is 26.4 Å². The monoisotopic (exact) mass is 230 g/mol. The van der Waals surface area contributed by atoms with Gasteiger partial charge in [0.25, 0.3) is 0 Å². The van der Waals surface area contributed by atoms with Gasteiger partial charge in [0.1, 0.15) is 13.2 Å². The summed E-state index contributed by atoms with van der Waals surface area (Å²) < 4.78 is 11.0. The van der Waals surface area contributed by atoms with Crippen LogP contribution in [0.3, 0.4) is 0 Å². The topological polar surface area (TPSA) is 18.5 Å². The van der Waals surface area contributed by atoms with Crippen molar-refractivity contribution in [1.82, 2.24) is 0 Å². The van der Waals surface area contributed by atoms with Crippen molar-refractivity contribution in [1.29, 1.82) is 0 Å². The Morgan fingerprint density at radius 1 is 0.941 bits per heavy atom. The van der Waals surface area contributed by atoms with Crippen molar-refractivity contribution in [3.05, 3.63) is 12.2 Å². The molecule has 0 N–H and O–H groups in total. The second kappa shape index (κ2) is 5.92. The Bertz CT molecular complexity index is 324. The normalized spacial score (nSPS) is 33.5. The van der Waals surface area contributed by atoms with Crippen molar-refractivity contribution in [3.63, 3.8) is 0 Å². The predicted molar refractivity (Wildman–Crippen MR) is 67.0 cm³/mol. The Morgan fingerprint density at radius 3 is 1.82 bits per heavy atom. The van der Waals surface area contributed by atoms with Crippen LogP contribution in [0.25, 0.3) is 0 Å². The van der Waals surface area contributed by atoms with Crippen LogP contribution in [0.5, 0.6) is 0 Å². The van der Waals surface area contributed by atoms with E-state index in [1.807, 2.05) is 0 Å². The molecule has 0 spiro atoms. The molecule has 0 saturated heterocycles. The van der Waals surface area contributed by atoms with Crippen LogP contribution < -0.4 is 0 Å². The molecule has 0 unspecified atom stereocenters. The van der Waals surface area contributed by atoms with Crippen LogP contribution >= 0.6 is 0 Å². The minimum atomic E-state index is 0.398. The third-order valence-electron chi connectivity index (χ3n) is 3.79. The summed E-state index contributed by atoms with van der Waals surface area (Å²) >= 11 is 0. The van der Waals surface area contributed by atoms with E-state index in [-0.39, 0.29) is 0 Å². The van der Waals surface area contributed by atoms with Crippen molar-refractivity contribution < 1.29 is 9.47 Å². The van der Waals surface area contributed by atoms with E-state index in [1.165, 1.54) is 6.42 Å². The van der Waals surface area contributed by atoms with Crippen LogP contribution in [-0.2, 0) is 9.47 Å². The molecule has 90 valence electrons. The molecule has 0 aromatic carbocycles. The molecule has 2 bridgehead atoms. The molecule has 2 aliphatic carbocycles. The third kappa shape index (κ3) is 2.72. The SMILES string of the molecule is C#CCOC[C@@H]1[C@H](COCC#C)[C@@H]2C=C[C@H]1C2. The number of terminal acetylenes is 2. The number of allylic oxidation sites excluding steroid dienone is 2. The summed E-state index contributed by atoms with van der Waals surface area (Å²) in [4.78, 5) is 0. The molecule has 2 aliphatic rings. The van der Waals surface area contributed by atoms with Gasteiger partial charge in [-0.2, -0.15) is 0 Å². The van der Waals surface area contributed by atoms with E-state index in [9.17, 15) is 0 Å². The summed E-state index contributed by atoms with van der Waals surface area (Å²) in [6, 6.07) is 0. The van der Waals surface area contributed by atoms with Crippen LogP contribution in [0.15, 0.2) is 12.2 Å². The van der Waals surface area contributed by atoms with Crippen molar-refractivity contribution >= 4 is 0 Å². The highest BCUT2D eigenvalue weighted by molar-refractivity contribution is 5.13. The molecule has 0 heterocycles. The number of rotatable bonds is 6. The largest absolute Gasteiger partial charge is 0.368 e. The lowest BCUT2D eigenvalue weighted by Crippen LogP contribution is -2.28. The smallest absolute Gasteiger partial charge is 0.107 e. The highest BCUT2D eigenvalue weighted by atomic mass is 16.5. The lowest BCUT2D eigenvalue weighted by molar-refractivity contribution is 0.0466. The van der Waals surface area contributed by atoms with Crippen molar-refractivity contribution in [3.8, 4) is 24.7 Å².